The normalized spacial score (nSPS) is 12.2. The fraction of sp³-hybridized carbons (Fsp3) is 0.0769. The molecule has 0 bridgehead atoms. The summed E-state index contributed by atoms with van der Waals surface area (Å²) in [4.78, 5) is -0.496. The van der Waals surface area contributed by atoms with Gasteiger partial charge in [0.1, 0.15) is 0 Å². The van der Waals surface area contributed by atoms with Crippen molar-refractivity contribution in [2.75, 3.05) is 10.5 Å². The first-order chi connectivity index (χ1) is 10.1. The highest BCUT2D eigenvalue weighted by Crippen LogP contribution is 2.31. The number of benzene rings is 2. The smallest absolute Gasteiger partial charge is 0.397 e. The molecule has 9 heteroatoms. The van der Waals surface area contributed by atoms with Gasteiger partial charge in [0, 0.05) is 4.47 Å². The largest absolute Gasteiger partial charge is 0.416 e. The SMILES string of the molecule is Nc1cc(Br)ccc1NS(=O)(=O)c1cccc(C(F)(F)F)c1. The van der Waals surface area contributed by atoms with Crippen molar-refractivity contribution in [2.45, 2.75) is 11.1 Å². The number of halogens is 4. The van der Waals surface area contributed by atoms with Crippen molar-refractivity contribution in [1.29, 1.82) is 0 Å². The number of hydrogen-bond donors (Lipinski definition) is 2. The minimum atomic E-state index is -4.62. The lowest BCUT2D eigenvalue weighted by Gasteiger charge is -2.12. The Morgan fingerprint density at radius 3 is 2.36 bits per heavy atom. The van der Waals surface area contributed by atoms with Gasteiger partial charge in [-0.15, -0.1) is 0 Å². The number of alkyl halides is 3. The summed E-state index contributed by atoms with van der Waals surface area (Å²) in [5.74, 6) is 0. The van der Waals surface area contributed by atoms with Crippen LogP contribution in [-0.2, 0) is 16.2 Å². The number of anilines is 2. The summed E-state index contributed by atoms with van der Waals surface area (Å²) >= 11 is 3.17. The van der Waals surface area contributed by atoms with E-state index in [0.717, 1.165) is 18.2 Å². The average molecular weight is 395 g/mol. The Morgan fingerprint density at radius 1 is 1.09 bits per heavy atom. The first-order valence-corrected chi connectivity index (χ1v) is 8.12. The summed E-state index contributed by atoms with van der Waals surface area (Å²) in [6.07, 6.45) is -4.62. The van der Waals surface area contributed by atoms with Crippen LogP contribution in [0.25, 0.3) is 0 Å². The summed E-state index contributed by atoms with van der Waals surface area (Å²) in [6, 6.07) is 7.91. The van der Waals surface area contributed by atoms with Gasteiger partial charge in [0.05, 0.1) is 21.8 Å². The lowest BCUT2D eigenvalue weighted by molar-refractivity contribution is -0.137. The molecule has 0 spiro atoms. The maximum atomic E-state index is 12.7. The van der Waals surface area contributed by atoms with E-state index in [2.05, 4.69) is 20.7 Å². The van der Waals surface area contributed by atoms with Crippen LogP contribution in [0.15, 0.2) is 51.8 Å². The van der Waals surface area contributed by atoms with Gasteiger partial charge in [-0.2, -0.15) is 13.2 Å². The minimum absolute atomic E-state index is 0.0839. The Hall–Kier alpha value is -1.74. The molecule has 0 fully saturated rings. The first kappa shape index (κ1) is 16.6. The molecule has 0 aliphatic heterocycles. The van der Waals surface area contributed by atoms with Gasteiger partial charge in [-0.05, 0) is 36.4 Å². The van der Waals surface area contributed by atoms with Gasteiger partial charge in [-0.3, -0.25) is 4.72 Å². The van der Waals surface area contributed by atoms with Gasteiger partial charge in [-0.1, -0.05) is 22.0 Å². The maximum absolute atomic E-state index is 12.7. The molecule has 2 aromatic carbocycles. The molecule has 118 valence electrons. The summed E-state index contributed by atoms with van der Waals surface area (Å²) in [5.41, 5.74) is 4.85. The summed E-state index contributed by atoms with van der Waals surface area (Å²) in [6.45, 7) is 0. The van der Waals surface area contributed by atoms with Gasteiger partial charge in [0.25, 0.3) is 10.0 Å². The van der Waals surface area contributed by atoms with Crippen LogP contribution in [0.3, 0.4) is 0 Å². The van der Waals surface area contributed by atoms with Gasteiger partial charge in [0.2, 0.25) is 0 Å². The zero-order chi connectivity index (χ0) is 16.5. The summed E-state index contributed by atoms with van der Waals surface area (Å²) in [7, 11) is -4.18. The second-order valence-corrected chi connectivity index (χ2v) is 6.96. The molecule has 0 aliphatic rings. The standard InChI is InChI=1S/C13H10BrF3N2O2S/c14-9-4-5-12(11(18)7-9)19-22(20,21)10-3-1-2-8(6-10)13(15,16)17/h1-7,19H,18H2. The van der Waals surface area contributed by atoms with E-state index in [1.54, 1.807) is 6.07 Å². The Bertz CT molecular complexity index is 807. The average Bonchev–Trinajstić information content (AvgIpc) is 2.41. The molecule has 22 heavy (non-hydrogen) atoms. The van der Waals surface area contributed by atoms with Gasteiger partial charge >= 0.3 is 6.18 Å². The van der Waals surface area contributed by atoms with E-state index in [1.807, 2.05) is 0 Å². The van der Waals surface area contributed by atoms with Crippen LogP contribution < -0.4 is 10.5 Å². The first-order valence-electron chi connectivity index (χ1n) is 5.85. The van der Waals surface area contributed by atoms with E-state index in [1.165, 1.54) is 12.1 Å². The topological polar surface area (TPSA) is 72.2 Å². The Labute approximate surface area is 133 Å². The minimum Gasteiger partial charge on any atom is -0.397 e. The van der Waals surface area contributed by atoms with Crippen LogP contribution in [-0.4, -0.2) is 8.42 Å². The van der Waals surface area contributed by atoms with Crippen molar-refractivity contribution in [3.05, 3.63) is 52.5 Å². The van der Waals surface area contributed by atoms with E-state index in [9.17, 15) is 21.6 Å². The lowest BCUT2D eigenvalue weighted by Crippen LogP contribution is -2.15. The van der Waals surface area contributed by atoms with E-state index < -0.39 is 26.7 Å². The quantitative estimate of drug-likeness (QED) is 0.776. The summed E-state index contributed by atoms with van der Waals surface area (Å²) in [5, 5.41) is 0. The zero-order valence-corrected chi connectivity index (χ0v) is 13.3. The third-order valence-electron chi connectivity index (χ3n) is 2.73. The Kier molecular flexibility index (Phi) is 4.39. The zero-order valence-electron chi connectivity index (χ0n) is 10.9. The fourth-order valence-electron chi connectivity index (χ4n) is 1.67. The van der Waals surface area contributed by atoms with Crippen LogP contribution in [0.1, 0.15) is 5.56 Å². The van der Waals surface area contributed by atoms with Gasteiger partial charge in [0.15, 0.2) is 0 Å². The number of hydrogen-bond acceptors (Lipinski definition) is 3. The van der Waals surface area contributed by atoms with Gasteiger partial charge in [-0.25, -0.2) is 8.42 Å². The van der Waals surface area contributed by atoms with Crippen LogP contribution in [0.4, 0.5) is 24.5 Å². The second kappa shape index (κ2) is 5.81. The van der Waals surface area contributed by atoms with Crippen molar-refractivity contribution in [1.82, 2.24) is 0 Å². The molecule has 0 saturated carbocycles. The van der Waals surface area contributed by atoms with Crippen LogP contribution in [0, 0.1) is 0 Å². The molecule has 0 unspecified atom stereocenters. The third-order valence-corrected chi connectivity index (χ3v) is 4.59. The monoisotopic (exact) mass is 394 g/mol. The molecular weight excluding hydrogens is 385 g/mol. The molecule has 0 aromatic heterocycles. The highest BCUT2D eigenvalue weighted by molar-refractivity contribution is 9.10. The van der Waals surface area contributed by atoms with Crippen LogP contribution in [0.5, 0.6) is 0 Å². The number of nitrogens with one attached hydrogen (secondary N) is 1. The molecule has 0 radical (unpaired) electrons. The molecule has 3 N–H and O–H groups in total. The molecule has 2 rings (SSSR count). The van der Waals surface area contributed by atoms with Crippen molar-refractivity contribution >= 4 is 37.3 Å². The highest BCUT2D eigenvalue weighted by atomic mass is 79.9. The molecule has 2 aromatic rings. The fourth-order valence-corrected chi connectivity index (χ4v) is 3.18. The number of nitrogens with two attached hydrogens (primary N) is 1. The second-order valence-electron chi connectivity index (χ2n) is 4.36. The van der Waals surface area contributed by atoms with Crippen molar-refractivity contribution in [3.8, 4) is 0 Å². The van der Waals surface area contributed by atoms with Gasteiger partial charge < -0.3 is 5.73 Å². The number of sulfonamides is 1. The Balaban J connectivity index is 2.39. The highest BCUT2D eigenvalue weighted by Gasteiger charge is 2.31. The Morgan fingerprint density at radius 2 is 1.77 bits per heavy atom. The summed E-state index contributed by atoms with van der Waals surface area (Å²) < 4.78 is 65.1. The lowest BCUT2D eigenvalue weighted by atomic mass is 10.2. The van der Waals surface area contributed by atoms with E-state index in [0.29, 0.717) is 10.5 Å². The molecule has 4 nitrogen and oxygen atoms in total. The molecule has 0 heterocycles. The molecule has 0 saturated heterocycles. The van der Waals surface area contributed by atoms with Crippen molar-refractivity contribution < 1.29 is 21.6 Å². The molecular formula is C13H10BrF3N2O2S. The van der Waals surface area contributed by atoms with E-state index >= 15 is 0 Å². The number of rotatable bonds is 3. The number of nitrogen functional groups attached to an aromatic ring is 1. The van der Waals surface area contributed by atoms with Crippen LogP contribution >= 0.6 is 15.9 Å². The predicted molar refractivity (Wildman–Crippen MR) is 80.8 cm³/mol. The predicted octanol–water partition coefficient (Wildman–Crippen LogP) is 3.85. The molecule has 0 aliphatic carbocycles. The molecule has 0 atom stereocenters. The van der Waals surface area contributed by atoms with E-state index in [-0.39, 0.29) is 11.4 Å². The van der Waals surface area contributed by atoms with E-state index in [4.69, 9.17) is 5.73 Å². The van der Waals surface area contributed by atoms with Crippen molar-refractivity contribution in [3.63, 3.8) is 0 Å². The van der Waals surface area contributed by atoms with Crippen LogP contribution in [0.2, 0.25) is 0 Å². The van der Waals surface area contributed by atoms with Crippen molar-refractivity contribution in [2.24, 2.45) is 0 Å². The molecule has 0 amide bonds. The maximum Gasteiger partial charge on any atom is 0.416 e. The third kappa shape index (κ3) is 3.72.